The zero-order chi connectivity index (χ0) is 19.5. The molecule has 9 heteroatoms. The number of alkyl carbamates (subject to hydrolysis) is 1. The van der Waals surface area contributed by atoms with Gasteiger partial charge in [-0.15, -0.1) is 0 Å². The highest BCUT2D eigenvalue weighted by Crippen LogP contribution is 2.28. The highest BCUT2D eigenvalue weighted by atomic mass is 35.5. The van der Waals surface area contributed by atoms with Crippen molar-refractivity contribution in [2.45, 2.75) is 51.0 Å². The number of carbonyl (C=O) groups is 1. The second-order valence-electron chi connectivity index (χ2n) is 7.28. The van der Waals surface area contributed by atoms with Gasteiger partial charge in [0.25, 0.3) is 0 Å². The van der Waals surface area contributed by atoms with Gasteiger partial charge in [-0.1, -0.05) is 29.3 Å². The maximum Gasteiger partial charge on any atom is 0.407 e. The normalized spacial score (nSPS) is 17.1. The number of nitrogens with zero attached hydrogens (tertiary/aromatic N) is 1. The van der Waals surface area contributed by atoms with E-state index in [-0.39, 0.29) is 11.8 Å². The van der Waals surface area contributed by atoms with E-state index in [2.05, 4.69) is 5.32 Å². The van der Waals surface area contributed by atoms with Crippen molar-refractivity contribution in [1.29, 1.82) is 0 Å². The molecule has 0 unspecified atom stereocenters. The summed E-state index contributed by atoms with van der Waals surface area (Å²) in [6.07, 6.45) is 0.561. The van der Waals surface area contributed by atoms with Crippen LogP contribution in [0.1, 0.15) is 39.2 Å². The van der Waals surface area contributed by atoms with E-state index >= 15 is 0 Å². The van der Waals surface area contributed by atoms with Crippen LogP contribution in [0.3, 0.4) is 0 Å². The quantitative estimate of drug-likeness (QED) is 0.799. The van der Waals surface area contributed by atoms with Gasteiger partial charge < -0.3 is 10.1 Å². The molecule has 1 heterocycles. The van der Waals surface area contributed by atoms with Crippen molar-refractivity contribution in [3.05, 3.63) is 33.8 Å². The number of hydrogen-bond acceptors (Lipinski definition) is 4. The number of ether oxygens (including phenoxy) is 1. The van der Waals surface area contributed by atoms with Crippen LogP contribution in [0, 0.1) is 0 Å². The Bertz CT molecular complexity index is 734. The van der Waals surface area contributed by atoms with Crippen LogP contribution in [0.5, 0.6) is 0 Å². The largest absolute Gasteiger partial charge is 0.444 e. The molecule has 1 aromatic carbocycles. The molecule has 0 radical (unpaired) electrons. The van der Waals surface area contributed by atoms with Gasteiger partial charge in [0.2, 0.25) is 10.0 Å². The fourth-order valence-corrected chi connectivity index (χ4v) is 5.01. The lowest BCUT2D eigenvalue weighted by Gasteiger charge is -2.32. The number of rotatable bonds is 4. The summed E-state index contributed by atoms with van der Waals surface area (Å²) in [5, 5.41) is 3.46. The lowest BCUT2D eigenvalue weighted by molar-refractivity contribution is 0.0489. The number of halogens is 2. The maximum atomic E-state index is 12.7. The Morgan fingerprint density at radius 1 is 1.23 bits per heavy atom. The molecule has 1 fully saturated rings. The van der Waals surface area contributed by atoms with Crippen LogP contribution in [0.25, 0.3) is 0 Å². The first-order chi connectivity index (χ1) is 12.0. The van der Waals surface area contributed by atoms with Gasteiger partial charge in [0.1, 0.15) is 5.60 Å². The third-order valence-electron chi connectivity index (χ3n) is 3.96. The van der Waals surface area contributed by atoms with Crippen LogP contribution >= 0.6 is 23.2 Å². The number of sulfonamides is 1. The number of nitrogens with one attached hydrogen (secondary N) is 1. The lowest BCUT2D eigenvalue weighted by atomic mass is 10.1. The van der Waals surface area contributed by atoms with Crippen molar-refractivity contribution in [2.24, 2.45) is 0 Å². The minimum absolute atomic E-state index is 0.111. The number of carbonyl (C=O) groups excluding carboxylic acids is 1. The molecule has 1 saturated heterocycles. The maximum absolute atomic E-state index is 12.7. The average Bonchev–Trinajstić information content (AvgIpc) is 2.50. The van der Waals surface area contributed by atoms with Crippen molar-refractivity contribution < 1.29 is 17.9 Å². The van der Waals surface area contributed by atoms with Gasteiger partial charge in [0.15, 0.2) is 0 Å². The number of hydrogen-bond donors (Lipinski definition) is 1. The van der Waals surface area contributed by atoms with Gasteiger partial charge in [-0.25, -0.2) is 17.5 Å². The number of benzene rings is 1. The minimum atomic E-state index is -3.54. The second kappa shape index (κ2) is 8.33. The molecule has 0 atom stereocenters. The van der Waals surface area contributed by atoms with Crippen LogP contribution in [0.4, 0.5) is 4.79 Å². The van der Waals surface area contributed by atoms with Gasteiger partial charge in [-0.05, 0) is 45.7 Å². The first-order valence-electron chi connectivity index (χ1n) is 8.38. The Balaban J connectivity index is 1.93. The van der Waals surface area contributed by atoms with E-state index in [0.717, 1.165) is 0 Å². The Morgan fingerprint density at radius 2 is 1.77 bits per heavy atom. The van der Waals surface area contributed by atoms with Gasteiger partial charge in [-0.2, -0.15) is 0 Å². The van der Waals surface area contributed by atoms with Crippen molar-refractivity contribution in [1.82, 2.24) is 9.62 Å². The molecule has 1 aliphatic heterocycles. The molecule has 2 rings (SSSR count). The van der Waals surface area contributed by atoms with Crippen LogP contribution in [-0.4, -0.2) is 43.5 Å². The Kier molecular flexibility index (Phi) is 6.82. The molecule has 146 valence electrons. The van der Waals surface area contributed by atoms with Crippen molar-refractivity contribution >= 4 is 39.3 Å². The molecule has 6 nitrogen and oxygen atoms in total. The third kappa shape index (κ3) is 6.01. The summed E-state index contributed by atoms with van der Waals surface area (Å²) in [5.74, 6) is -0.240. The summed E-state index contributed by atoms with van der Waals surface area (Å²) in [6.45, 7) is 6.03. The summed E-state index contributed by atoms with van der Waals surface area (Å²) in [7, 11) is -3.54. The van der Waals surface area contributed by atoms with E-state index in [0.29, 0.717) is 41.5 Å². The van der Waals surface area contributed by atoms with E-state index in [1.54, 1.807) is 39.0 Å². The Hall–Kier alpha value is -1.02. The smallest absolute Gasteiger partial charge is 0.407 e. The van der Waals surface area contributed by atoms with Gasteiger partial charge in [0, 0.05) is 34.7 Å². The van der Waals surface area contributed by atoms with Crippen molar-refractivity contribution in [3.8, 4) is 0 Å². The second-order valence-corrected chi connectivity index (χ2v) is 10.1. The van der Waals surface area contributed by atoms with E-state index in [1.165, 1.54) is 4.31 Å². The molecule has 0 aromatic heterocycles. The molecule has 1 N–H and O–H groups in total. The lowest BCUT2D eigenvalue weighted by Crippen LogP contribution is -2.47. The van der Waals surface area contributed by atoms with Crippen LogP contribution in [0.15, 0.2) is 18.2 Å². The van der Waals surface area contributed by atoms with E-state index in [4.69, 9.17) is 27.9 Å². The summed E-state index contributed by atoms with van der Waals surface area (Å²) in [4.78, 5) is 11.8. The molecule has 0 aliphatic carbocycles. The zero-order valence-electron chi connectivity index (χ0n) is 15.1. The Labute approximate surface area is 164 Å². The summed E-state index contributed by atoms with van der Waals surface area (Å²) >= 11 is 12.2. The van der Waals surface area contributed by atoms with Gasteiger partial charge >= 0.3 is 6.09 Å². The van der Waals surface area contributed by atoms with E-state index in [1.807, 2.05) is 0 Å². The third-order valence-corrected chi connectivity index (χ3v) is 6.47. The SMILES string of the molecule is CC(C)(C)OC(=O)NC1CCN(S(=O)(=O)Cc2c(Cl)cccc2Cl)CC1. The first-order valence-corrected chi connectivity index (χ1v) is 10.7. The van der Waals surface area contributed by atoms with Crippen molar-refractivity contribution in [3.63, 3.8) is 0 Å². The monoisotopic (exact) mass is 422 g/mol. The molecule has 26 heavy (non-hydrogen) atoms. The number of amides is 1. The summed E-state index contributed by atoms with van der Waals surface area (Å²) in [5.41, 5.74) is -0.160. The Morgan fingerprint density at radius 3 is 2.27 bits per heavy atom. The fraction of sp³-hybridized carbons (Fsp3) is 0.588. The molecule has 1 aromatic rings. The zero-order valence-corrected chi connectivity index (χ0v) is 17.4. The standard InChI is InChI=1S/C17H24Cl2N2O4S/c1-17(2,3)25-16(22)20-12-7-9-21(10-8-12)26(23,24)11-13-14(18)5-4-6-15(13)19/h4-6,12H,7-11H2,1-3H3,(H,20,22). The van der Waals surface area contributed by atoms with Gasteiger partial charge in [0.05, 0.1) is 5.75 Å². The van der Waals surface area contributed by atoms with E-state index < -0.39 is 21.7 Å². The van der Waals surface area contributed by atoms with Gasteiger partial charge in [-0.3, -0.25) is 0 Å². The molecule has 0 bridgehead atoms. The fourth-order valence-electron chi connectivity index (χ4n) is 2.70. The molecule has 0 spiro atoms. The number of piperidine rings is 1. The molecule has 1 amide bonds. The minimum Gasteiger partial charge on any atom is -0.444 e. The highest BCUT2D eigenvalue weighted by Gasteiger charge is 2.30. The topological polar surface area (TPSA) is 75.7 Å². The molecular weight excluding hydrogens is 399 g/mol. The van der Waals surface area contributed by atoms with Crippen LogP contribution in [0.2, 0.25) is 10.0 Å². The average molecular weight is 423 g/mol. The summed E-state index contributed by atoms with van der Waals surface area (Å²) in [6, 6.07) is 4.80. The predicted molar refractivity (Wildman–Crippen MR) is 103 cm³/mol. The first kappa shape index (κ1) is 21.3. The predicted octanol–water partition coefficient (Wildman–Crippen LogP) is 3.81. The van der Waals surface area contributed by atoms with E-state index in [9.17, 15) is 13.2 Å². The van der Waals surface area contributed by atoms with Crippen LogP contribution in [-0.2, 0) is 20.5 Å². The van der Waals surface area contributed by atoms with Crippen LogP contribution < -0.4 is 5.32 Å². The highest BCUT2D eigenvalue weighted by molar-refractivity contribution is 7.88. The molecular formula is C17H24Cl2N2O4S. The van der Waals surface area contributed by atoms with Crippen molar-refractivity contribution in [2.75, 3.05) is 13.1 Å². The molecule has 1 aliphatic rings. The summed E-state index contributed by atoms with van der Waals surface area (Å²) < 4.78 is 32.0. The molecule has 0 saturated carbocycles.